The van der Waals surface area contributed by atoms with Gasteiger partial charge in [-0.3, -0.25) is 28.1 Å². The normalized spacial score (nSPS) is 15.5. The zero-order chi connectivity index (χ0) is 22.4. The molecule has 0 saturated carbocycles. The van der Waals surface area contributed by atoms with Gasteiger partial charge in [0.15, 0.2) is 6.10 Å². The van der Waals surface area contributed by atoms with Gasteiger partial charge in [-0.25, -0.2) is 4.57 Å². The smallest absolute Gasteiger partial charge is 0.287 e. The van der Waals surface area contributed by atoms with E-state index in [1.165, 1.54) is 0 Å². The van der Waals surface area contributed by atoms with Gasteiger partial charge >= 0.3 is 7.82 Å². The third-order valence-electron chi connectivity index (χ3n) is 4.74. The average molecular weight is 442 g/mol. The molecule has 2 amide bonds. The summed E-state index contributed by atoms with van der Waals surface area (Å²) in [4.78, 5) is 27.2. The topological polar surface area (TPSA) is 106 Å². The van der Waals surface area contributed by atoms with Gasteiger partial charge in [0.2, 0.25) is 0 Å². The van der Waals surface area contributed by atoms with Gasteiger partial charge in [0.05, 0.1) is 36.5 Å². The van der Waals surface area contributed by atoms with Crippen LogP contribution in [0, 0.1) is 11.3 Å². The molecule has 2 atom stereocenters. The minimum Gasteiger partial charge on any atom is -0.287 e. The van der Waals surface area contributed by atoms with E-state index in [0.717, 1.165) is 10.5 Å². The molecule has 1 heterocycles. The largest absolute Gasteiger partial charge is 0.476 e. The standard InChI is InChI=1S/C22H23N2O6P/c1-3-28-31(27,29-4-2)30-20(15-23)19(14-16-10-6-5-7-11-16)24-21(25)17-12-8-9-13-18(17)22(24)26/h5-13,19-20H,3-4,14H2,1-2H3/t19-,20?/m1/s1. The Hall–Kier alpha value is -2.82. The number of carbonyl (C=O) groups is 2. The second-order valence-corrected chi connectivity index (χ2v) is 8.34. The minimum absolute atomic E-state index is 0.0335. The van der Waals surface area contributed by atoms with Crippen molar-refractivity contribution >= 4 is 19.6 Å². The number of fused-ring (bicyclic) bond motifs is 1. The molecular formula is C22H23N2O6P. The molecule has 1 aliphatic heterocycles. The summed E-state index contributed by atoms with van der Waals surface area (Å²) in [6.07, 6.45) is -1.31. The van der Waals surface area contributed by atoms with Crippen LogP contribution in [0.3, 0.4) is 0 Å². The summed E-state index contributed by atoms with van der Waals surface area (Å²) in [7, 11) is -4.08. The number of nitriles is 1. The molecule has 3 rings (SSSR count). The van der Waals surface area contributed by atoms with Crippen molar-refractivity contribution in [1.29, 1.82) is 5.26 Å². The van der Waals surface area contributed by atoms with Crippen LogP contribution in [0.1, 0.15) is 40.1 Å². The lowest BCUT2D eigenvalue weighted by Gasteiger charge is -2.31. The van der Waals surface area contributed by atoms with Crippen LogP contribution in [0.5, 0.6) is 0 Å². The number of phosphoric ester groups is 1. The Balaban J connectivity index is 2.00. The van der Waals surface area contributed by atoms with Crippen molar-refractivity contribution in [3.8, 4) is 6.07 Å². The van der Waals surface area contributed by atoms with Crippen molar-refractivity contribution in [1.82, 2.24) is 4.90 Å². The van der Waals surface area contributed by atoms with Crippen LogP contribution in [0.15, 0.2) is 54.6 Å². The molecule has 1 unspecified atom stereocenters. The first-order valence-corrected chi connectivity index (χ1v) is 11.4. The van der Waals surface area contributed by atoms with Gasteiger partial charge in [-0.15, -0.1) is 0 Å². The fourth-order valence-electron chi connectivity index (χ4n) is 3.43. The maximum absolute atomic E-state index is 13.1. The molecule has 9 heteroatoms. The van der Waals surface area contributed by atoms with Gasteiger partial charge in [-0.05, 0) is 38.0 Å². The Labute approximate surface area is 180 Å². The number of hydrogen-bond donors (Lipinski definition) is 0. The van der Waals surface area contributed by atoms with Crippen molar-refractivity contribution in [3.63, 3.8) is 0 Å². The highest BCUT2D eigenvalue weighted by Gasteiger charge is 2.45. The first-order valence-electron chi connectivity index (χ1n) is 9.92. The molecule has 0 fully saturated rings. The molecule has 2 aromatic rings. The third kappa shape index (κ3) is 4.92. The predicted octanol–water partition coefficient (Wildman–Crippen LogP) is 3.98. The zero-order valence-electron chi connectivity index (χ0n) is 17.3. The summed E-state index contributed by atoms with van der Waals surface area (Å²) in [5.41, 5.74) is 1.27. The van der Waals surface area contributed by atoms with Crippen LogP contribution < -0.4 is 0 Å². The number of rotatable bonds is 10. The van der Waals surface area contributed by atoms with Crippen LogP contribution in [0.2, 0.25) is 0 Å². The number of nitrogens with zero attached hydrogens (tertiary/aromatic N) is 2. The molecule has 1 aliphatic rings. The van der Waals surface area contributed by atoms with Crippen molar-refractivity contribution < 1.29 is 27.7 Å². The van der Waals surface area contributed by atoms with Crippen LogP contribution in [0.4, 0.5) is 0 Å². The molecule has 8 nitrogen and oxygen atoms in total. The maximum atomic E-state index is 13.1. The van der Waals surface area contributed by atoms with Gasteiger partial charge in [0.1, 0.15) is 0 Å². The highest BCUT2D eigenvalue weighted by molar-refractivity contribution is 7.48. The van der Waals surface area contributed by atoms with E-state index in [0.29, 0.717) is 0 Å². The average Bonchev–Trinajstić information content (AvgIpc) is 3.02. The Morgan fingerprint density at radius 1 is 0.935 bits per heavy atom. The SMILES string of the molecule is CCOP(=O)(OCC)OC(C#N)[C@@H](Cc1ccccc1)N1C(=O)c2ccccc2C1=O. The number of benzene rings is 2. The lowest BCUT2D eigenvalue weighted by Crippen LogP contribution is -2.48. The van der Waals surface area contributed by atoms with Crippen LogP contribution in [-0.4, -0.2) is 42.1 Å². The second kappa shape index (κ2) is 9.99. The Bertz CT molecular complexity index is 991. The van der Waals surface area contributed by atoms with Crippen LogP contribution in [0.25, 0.3) is 0 Å². The maximum Gasteiger partial charge on any atom is 0.476 e. The van der Waals surface area contributed by atoms with Crippen molar-refractivity contribution in [2.24, 2.45) is 0 Å². The molecule has 0 saturated heterocycles. The summed E-state index contributed by atoms with van der Waals surface area (Å²) in [6.45, 7) is 3.29. The predicted molar refractivity (Wildman–Crippen MR) is 112 cm³/mol. The Morgan fingerprint density at radius 3 is 1.94 bits per heavy atom. The third-order valence-corrected chi connectivity index (χ3v) is 6.37. The van der Waals surface area contributed by atoms with Gasteiger partial charge in [0, 0.05) is 0 Å². The highest BCUT2D eigenvalue weighted by atomic mass is 31.2. The van der Waals surface area contributed by atoms with Crippen molar-refractivity contribution in [2.45, 2.75) is 32.4 Å². The van der Waals surface area contributed by atoms with E-state index in [4.69, 9.17) is 13.6 Å². The summed E-state index contributed by atoms with van der Waals surface area (Å²) >= 11 is 0. The van der Waals surface area contributed by atoms with E-state index in [1.54, 1.807) is 38.1 Å². The molecule has 0 N–H and O–H groups in total. The molecule has 2 aromatic carbocycles. The summed E-state index contributed by atoms with van der Waals surface area (Å²) in [5.74, 6) is -1.07. The molecule has 0 spiro atoms. The lowest BCUT2D eigenvalue weighted by molar-refractivity contribution is 0.0362. The Morgan fingerprint density at radius 2 is 1.45 bits per heavy atom. The van der Waals surface area contributed by atoms with Gasteiger partial charge in [-0.1, -0.05) is 42.5 Å². The van der Waals surface area contributed by atoms with Crippen molar-refractivity contribution in [3.05, 3.63) is 71.3 Å². The number of amides is 2. The first-order chi connectivity index (χ1) is 14.9. The van der Waals surface area contributed by atoms with E-state index >= 15 is 0 Å². The van der Waals surface area contributed by atoms with E-state index < -0.39 is 31.8 Å². The first kappa shape index (κ1) is 22.9. The molecule has 0 aliphatic carbocycles. The molecule has 0 radical (unpaired) electrons. The summed E-state index contributed by atoms with van der Waals surface area (Å²) in [5, 5.41) is 9.87. The Kier molecular flexibility index (Phi) is 7.37. The fraction of sp³-hybridized carbons (Fsp3) is 0.318. The molecule has 31 heavy (non-hydrogen) atoms. The zero-order valence-corrected chi connectivity index (χ0v) is 18.2. The number of hydrogen-bond acceptors (Lipinski definition) is 7. The molecule has 0 bridgehead atoms. The van der Waals surface area contributed by atoms with Crippen LogP contribution >= 0.6 is 7.82 Å². The van der Waals surface area contributed by atoms with Gasteiger partial charge < -0.3 is 0 Å². The lowest BCUT2D eigenvalue weighted by atomic mass is 10.0. The summed E-state index contributed by atoms with van der Waals surface area (Å²) in [6, 6.07) is 16.4. The highest BCUT2D eigenvalue weighted by Crippen LogP contribution is 2.51. The van der Waals surface area contributed by atoms with E-state index in [2.05, 4.69) is 0 Å². The van der Waals surface area contributed by atoms with Gasteiger partial charge in [-0.2, -0.15) is 5.26 Å². The van der Waals surface area contributed by atoms with E-state index in [-0.39, 0.29) is 30.8 Å². The number of phosphoric acid groups is 1. The van der Waals surface area contributed by atoms with Crippen molar-refractivity contribution in [2.75, 3.05) is 13.2 Å². The van der Waals surface area contributed by atoms with E-state index in [1.807, 2.05) is 36.4 Å². The molecule has 0 aromatic heterocycles. The fourth-order valence-corrected chi connectivity index (χ4v) is 4.73. The van der Waals surface area contributed by atoms with Gasteiger partial charge in [0.25, 0.3) is 11.8 Å². The number of carbonyl (C=O) groups excluding carboxylic acids is 2. The monoisotopic (exact) mass is 442 g/mol. The number of imide groups is 1. The minimum atomic E-state index is -4.08. The molecule has 162 valence electrons. The second-order valence-electron chi connectivity index (χ2n) is 6.72. The van der Waals surface area contributed by atoms with E-state index in [9.17, 15) is 19.4 Å². The quantitative estimate of drug-likeness (QED) is 0.405. The summed E-state index contributed by atoms with van der Waals surface area (Å²) < 4.78 is 28.7. The van der Waals surface area contributed by atoms with Crippen LogP contribution in [-0.2, 0) is 24.6 Å². The molecular weight excluding hydrogens is 419 g/mol.